The molecule has 22 nitrogen and oxygen atoms in total. The molecule has 0 aliphatic heterocycles. The summed E-state index contributed by atoms with van der Waals surface area (Å²) in [7, 11) is -9.91. The number of hydrogen-bond acceptors (Lipinski definition) is 20. The Morgan fingerprint density at radius 2 is 1.10 bits per heavy atom. The van der Waals surface area contributed by atoms with Crippen LogP contribution in [0.25, 0.3) is 10.8 Å². The zero-order chi connectivity index (χ0) is 50.8. The molecule has 8 rings (SSSR count). The van der Waals surface area contributed by atoms with Gasteiger partial charge in [-0.1, -0.05) is 48.9 Å². The van der Waals surface area contributed by atoms with Crippen molar-refractivity contribution in [2.45, 2.75) is 43.9 Å². The molecule has 0 unspecified atom stereocenters. The molecule has 6 aromatic carbocycles. The van der Waals surface area contributed by atoms with Crippen LogP contribution in [0.15, 0.2) is 127 Å². The van der Waals surface area contributed by atoms with E-state index in [1.807, 2.05) is 62.4 Å². The summed E-state index contributed by atoms with van der Waals surface area (Å²) >= 11 is 12.5. The number of para-hydroxylation sites is 1. The number of hydrogen-bond donors (Lipinski definition) is 8. The van der Waals surface area contributed by atoms with Crippen molar-refractivity contribution >= 4 is 129 Å². The van der Waals surface area contributed by atoms with Gasteiger partial charge in [0, 0.05) is 22.7 Å². The minimum atomic E-state index is -5.01. The molecule has 9 N–H and O–H groups in total. The molecule has 0 aliphatic carbocycles. The number of nitrogens with one attached hydrogen (secondary N) is 4. The van der Waals surface area contributed by atoms with Crippen LogP contribution in [-0.2, 0) is 26.7 Å². The first-order valence-electron chi connectivity index (χ1n) is 20.9. The lowest BCUT2D eigenvalue weighted by atomic mass is 10.0. The first kappa shape index (κ1) is 49.4. The second kappa shape index (κ2) is 20.2. The van der Waals surface area contributed by atoms with Crippen LogP contribution in [-0.4, -0.2) is 61.0 Å². The Labute approximate surface area is 415 Å². The molecule has 0 radical (unpaired) electrons. The summed E-state index contributed by atoms with van der Waals surface area (Å²) in [5.41, 5.74) is 10.1. The van der Waals surface area contributed by atoms with Crippen LogP contribution in [0.2, 0.25) is 10.6 Å². The van der Waals surface area contributed by atoms with E-state index in [9.17, 15) is 31.0 Å². The van der Waals surface area contributed by atoms with E-state index in [-0.39, 0.29) is 73.4 Å². The maximum absolute atomic E-state index is 12.8. The molecular weight excluding hydrogens is 998 g/mol. The predicted octanol–water partition coefficient (Wildman–Crippen LogP) is 11.6. The van der Waals surface area contributed by atoms with E-state index in [1.54, 1.807) is 25.1 Å². The third kappa shape index (κ3) is 11.6. The summed E-state index contributed by atoms with van der Waals surface area (Å²) in [6.45, 7) is 7.16. The Kier molecular flexibility index (Phi) is 14.0. The quantitative estimate of drug-likeness (QED) is 0.0269. The summed E-state index contributed by atoms with van der Waals surface area (Å²) < 4.78 is 71.2. The average Bonchev–Trinajstić information content (AvgIpc) is 3.29. The highest BCUT2D eigenvalue weighted by Crippen LogP contribution is 2.47. The number of nitrogens with zero attached hydrogens (tertiary/aromatic N) is 10. The molecule has 0 saturated heterocycles. The normalized spacial score (nSPS) is 11.9. The molecule has 26 heteroatoms. The Bertz CT molecular complexity index is 3700. The molecule has 2 heterocycles. The fraction of sp³-hybridized carbons (Fsp3) is 0.111. The molecule has 8 aromatic rings. The van der Waals surface area contributed by atoms with Crippen LogP contribution in [0.5, 0.6) is 5.75 Å². The van der Waals surface area contributed by atoms with Crippen LogP contribution in [0.4, 0.5) is 75.0 Å². The minimum Gasteiger partial charge on any atom is -0.505 e. The fourth-order valence-corrected chi connectivity index (χ4v) is 8.61. The van der Waals surface area contributed by atoms with Gasteiger partial charge < -0.3 is 32.1 Å². The van der Waals surface area contributed by atoms with Crippen molar-refractivity contribution in [2.24, 2.45) is 20.5 Å². The van der Waals surface area contributed by atoms with E-state index in [1.165, 1.54) is 25.1 Å². The Balaban J connectivity index is 1.11. The number of aromatic nitrogens is 6. The van der Waals surface area contributed by atoms with Gasteiger partial charge in [0.2, 0.25) is 34.4 Å². The molecule has 0 bridgehead atoms. The molecule has 0 atom stereocenters. The number of phenolic OH excluding ortho intramolecular Hbond substituents is 1. The number of fused-ring (bicyclic) bond motifs is 1. The van der Waals surface area contributed by atoms with Crippen LogP contribution in [0.3, 0.4) is 0 Å². The highest BCUT2D eigenvalue weighted by Gasteiger charge is 2.25. The smallest absolute Gasteiger partial charge is 0.296 e. The minimum absolute atomic E-state index is 0.0369. The fourth-order valence-electron chi connectivity index (χ4n) is 7.01. The highest BCUT2D eigenvalue weighted by molar-refractivity contribution is 7.86. The molecule has 0 spiro atoms. The lowest BCUT2D eigenvalue weighted by molar-refractivity contribution is 0.480. The lowest BCUT2D eigenvalue weighted by Crippen LogP contribution is -2.05. The first-order valence-corrected chi connectivity index (χ1v) is 24.5. The number of nitrogen functional groups attached to an aromatic ring is 1. The van der Waals surface area contributed by atoms with Gasteiger partial charge in [-0.05, 0) is 133 Å². The standard InChI is InChI=1S/C45H39Cl2N15O7S2/c1-5-25-8-6-7-9-30(25)52-45-56-41(47)55-44(58-45)51-29-16-17-33(70(64,65)66)32(21-29)60-61-37-24(4)18-26-19-34(71(67,68)69)38(36(48)35(26)39(37)63)62-59-31-20-28(15-12-23(31)3)50-43-54-40(46)53-42(57-43)49-27-13-10-22(2)11-14-27/h6-21,63H,5,48H2,1-4H3,(H,64,65,66)(H,67,68,69)(H2,49,50,53,54,57)(H2,51,52,55,56,58). The van der Waals surface area contributed by atoms with Crippen LogP contribution >= 0.6 is 23.2 Å². The summed E-state index contributed by atoms with van der Waals surface area (Å²) in [4.78, 5) is 23.9. The van der Waals surface area contributed by atoms with E-state index in [4.69, 9.17) is 28.9 Å². The number of benzene rings is 6. The third-order valence-electron chi connectivity index (χ3n) is 10.5. The number of azo groups is 2. The van der Waals surface area contributed by atoms with E-state index in [0.29, 0.717) is 16.9 Å². The number of nitrogens with two attached hydrogens (primary N) is 1. The zero-order valence-corrected chi connectivity index (χ0v) is 40.7. The first-order chi connectivity index (χ1) is 33.7. The molecule has 362 valence electrons. The lowest BCUT2D eigenvalue weighted by Gasteiger charge is -2.14. The molecular formula is C45H39Cl2N15O7S2. The van der Waals surface area contributed by atoms with Crippen molar-refractivity contribution in [1.82, 2.24) is 29.9 Å². The molecule has 0 saturated carbocycles. The van der Waals surface area contributed by atoms with Crippen molar-refractivity contribution in [3.8, 4) is 5.75 Å². The van der Waals surface area contributed by atoms with E-state index in [0.717, 1.165) is 35.4 Å². The molecule has 0 fully saturated rings. The second-order valence-electron chi connectivity index (χ2n) is 15.5. The van der Waals surface area contributed by atoms with Gasteiger partial charge in [-0.3, -0.25) is 9.11 Å². The number of aryl methyl sites for hydroxylation is 4. The molecule has 0 aliphatic rings. The monoisotopic (exact) mass is 1040 g/mol. The number of rotatable bonds is 15. The van der Waals surface area contributed by atoms with Gasteiger partial charge in [-0.15, -0.1) is 15.3 Å². The van der Waals surface area contributed by atoms with Gasteiger partial charge in [-0.2, -0.15) is 51.9 Å². The van der Waals surface area contributed by atoms with Crippen molar-refractivity contribution in [1.29, 1.82) is 0 Å². The molecule has 2 aromatic heterocycles. The summed E-state index contributed by atoms with van der Waals surface area (Å²) in [5.74, 6) is -0.301. The SMILES string of the molecule is CCc1ccccc1Nc1nc(Cl)nc(Nc2ccc(S(=O)(=O)O)c(N=Nc3c(C)cc4cc(S(=O)(=O)O)c(N=Nc5cc(Nc6nc(Cl)nc(Nc7ccc(C)cc7)n6)ccc5C)c(N)c4c3O)c2)n1. The predicted molar refractivity (Wildman–Crippen MR) is 270 cm³/mol. The van der Waals surface area contributed by atoms with E-state index >= 15 is 0 Å². The maximum Gasteiger partial charge on any atom is 0.296 e. The van der Waals surface area contributed by atoms with Gasteiger partial charge in [-0.25, -0.2) is 0 Å². The van der Waals surface area contributed by atoms with E-state index in [2.05, 4.69) is 71.6 Å². The summed E-state index contributed by atoms with van der Waals surface area (Å²) in [6.07, 6.45) is 0.725. The van der Waals surface area contributed by atoms with Gasteiger partial charge in [0.15, 0.2) is 5.75 Å². The van der Waals surface area contributed by atoms with Crippen molar-refractivity contribution < 1.29 is 31.0 Å². The topological polar surface area (TPSA) is 330 Å². The summed E-state index contributed by atoms with van der Waals surface area (Å²) in [5, 5.41) is 40.2. The highest BCUT2D eigenvalue weighted by atomic mass is 35.5. The van der Waals surface area contributed by atoms with Crippen molar-refractivity contribution in [3.63, 3.8) is 0 Å². The number of phenols is 1. The molecule has 0 amide bonds. The Hall–Kier alpha value is -8.00. The van der Waals surface area contributed by atoms with Crippen LogP contribution in [0.1, 0.15) is 29.2 Å². The number of halogens is 2. The van der Waals surface area contributed by atoms with Crippen molar-refractivity contribution in [3.05, 3.63) is 130 Å². The average molecular weight is 1040 g/mol. The van der Waals surface area contributed by atoms with E-state index < -0.39 is 47.2 Å². The zero-order valence-electron chi connectivity index (χ0n) is 37.5. The van der Waals surface area contributed by atoms with Gasteiger partial charge in [0.1, 0.15) is 26.9 Å². The summed E-state index contributed by atoms with van der Waals surface area (Å²) in [6, 6.07) is 26.0. The maximum atomic E-state index is 12.8. The molecule has 71 heavy (non-hydrogen) atoms. The Morgan fingerprint density at radius 1 is 0.577 bits per heavy atom. The van der Waals surface area contributed by atoms with Gasteiger partial charge in [0.25, 0.3) is 20.2 Å². The van der Waals surface area contributed by atoms with Gasteiger partial charge >= 0.3 is 0 Å². The van der Waals surface area contributed by atoms with Crippen molar-refractivity contribution in [2.75, 3.05) is 27.0 Å². The third-order valence-corrected chi connectivity index (χ3v) is 12.6. The largest absolute Gasteiger partial charge is 0.505 e. The second-order valence-corrected chi connectivity index (χ2v) is 19.0. The Morgan fingerprint density at radius 3 is 1.70 bits per heavy atom. The number of anilines is 9. The van der Waals surface area contributed by atoms with Crippen LogP contribution < -0.4 is 27.0 Å². The van der Waals surface area contributed by atoms with Gasteiger partial charge in [0.05, 0.1) is 16.8 Å². The van der Waals surface area contributed by atoms with Crippen LogP contribution in [0, 0.1) is 20.8 Å². The number of aromatic hydroxyl groups is 1.